The predicted molar refractivity (Wildman–Crippen MR) is 75.8 cm³/mol. The highest BCUT2D eigenvalue weighted by molar-refractivity contribution is 5.88. The first kappa shape index (κ1) is 13.9. The molecule has 2 aromatic carbocycles. The first-order chi connectivity index (χ1) is 9.63. The van der Waals surface area contributed by atoms with Gasteiger partial charge in [0, 0.05) is 0 Å². The minimum atomic E-state index is -0.983. The van der Waals surface area contributed by atoms with Gasteiger partial charge < -0.3 is 14.6 Å². The third-order valence-electron chi connectivity index (χ3n) is 2.95. The Labute approximate surface area is 117 Å². The number of methoxy groups -OCH3 is 1. The van der Waals surface area contributed by atoms with Gasteiger partial charge in [-0.3, -0.25) is 0 Å². The second-order valence-corrected chi connectivity index (χ2v) is 4.27. The van der Waals surface area contributed by atoms with Crippen LogP contribution in [-0.2, 0) is 6.42 Å². The van der Waals surface area contributed by atoms with Gasteiger partial charge in [0.05, 0.1) is 12.7 Å². The molecule has 0 aliphatic carbocycles. The molecule has 0 saturated heterocycles. The highest BCUT2D eigenvalue weighted by Crippen LogP contribution is 2.32. The molecule has 20 heavy (non-hydrogen) atoms. The minimum absolute atomic E-state index is 0.187. The summed E-state index contributed by atoms with van der Waals surface area (Å²) in [7, 11) is 1.58. The molecule has 2 rings (SSSR count). The largest absolute Gasteiger partial charge is 0.493 e. The highest BCUT2D eigenvalue weighted by Gasteiger charge is 2.08. The summed E-state index contributed by atoms with van der Waals surface area (Å²) in [6.45, 7) is 2.06. The summed E-state index contributed by atoms with van der Waals surface area (Å²) in [5.41, 5.74) is 1.33. The van der Waals surface area contributed by atoms with Crippen molar-refractivity contribution in [1.29, 1.82) is 0 Å². The smallest absolute Gasteiger partial charge is 0.335 e. The quantitative estimate of drug-likeness (QED) is 0.900. The Bertz CT molecular complexity index is 620. The predicted octanol–water partition coefficient (Wildman–Crippen LogP) is 3.75. The molecule has 0 bridgehead atoms. The van der Waals surface area contributed by atoms with Crippen molar-refractivity contribution >= 4 is 5.97 Å². The van der Waals surface area contributed by atoms with Gasteiger partial charge in [0.2, 0.25) is 0 Å². The van der Waals surface area contributed by atoms with Crippen LogP contribution in [0.4, 0.5) is 0 Å². The number of aryl methyl sites for hydroxylation is 1. The first-order valence-corrected chi connectivity index (χ1v) is 6.32. The molecule has 0 unspecified atom stereocenters. The van der Waals surface area contributed by atoms with Gasteiger partial charge in [-0.15, -0.1) is 0 Å². The van der Waals surface area contributed by atoms with E-state index in [1.54, 1.807) is 19.2 Å². The number of rotatable bonds is 5. The Balaban J connectivity index is 2.29. The maximum Gasteiger partial charge on any atom is 0.335 e. The summed E-state index contributed by atoms with van der Waals surface area (Å²) in [5, 5.41) is 8.96. The summed E-state index contributed by atoms with van der Waals surface area (Å²) in [6.07, 6.45) is 0.908. The summed E-state index contributed by atoms with van der Waals surface area (Å²) >= 11 is 0. The van der Waals surface area contributed by atoms with E-state index in [0.29, 0.717) is 17.2 Å². The lowest BCUT2D eigenvalue weighted by Gasteiger charge is -2.11. The Kier molecular flexibility index (Phi) is 4.25. The van der Waals surface area contributed by atoms with Gasteiger partial charge in [-0.05, 0) is 42.3 Å². The second-order valence-electron chi connectivity index (χ2n) is 4.27. The van der Waals surface area contributed by atoms with Crippen LogP contribution in [0.1, 0.15) is 22.8 Å². The number of hydrogen-bond donors (Lipinski definition) is 1. The molecule has 1 N–H and O–H groups in total. The van der Waals surface area contributed by atoms with Gasteiger partial charge in [-0.2, -0.15) is 0 Å². The third kappa shape index (κ3) is 3.09. The zero-order valence-electron chi connectivity index (χ0n) is 11.4. The van der Waals surface area contributed by atoms with E-state index in [2.05, 4.69) is 6.92 Å². The van der Waals surface area contributed by atoms with E-state index in [1.165, 1.54) is 12.1 Å². The zero-order chi connectivity index (χ0) is 14.5. The lowest BCUT2D eigenvalue weighted by molar-refractivity contribution is 0.0696. The van der Waals surface area contributed by atoms with Gasteiger partial charge in [-0.25, -0.2) is 4.79 Å². The fraction of sp³-hybridized carbons (Fsp3) is 0.188. The lowest BCUT2D eigenvalue weighted by Crippen LogP contribution is -1.97. The van der Waals surface area contributed by atoms with Crippen LogP contribution in [-0.4, -0.2) is 18.2 Å². The molecule has 2 aromatic rings. The summed E-state index contributed by atoms with van der Waals surface area (Å²) in [6, 6.07) is 12.0. The molecule has 4 nitrogen and oxygen atoms in total. The van der Waals surface area contributed by atoms with Crippen LogP contribution in [0, 0.1) is 0 Å². The molecule has 0 heterocycles. The molecular formula is C16H16O4. The van der Waals surface area contributed by atoms with Gasteiger partial charge >= 0.3 is 5.97 Å². The monoisotopic (exact) mass is 272 g/mol. The minimum Gasteiger partial charge on any atom is -0.493 e. The Morgan fingerprint density at radius 2 is 1.95 bits per heavy atom. The van der Waals surface area contributed by atoms with Crippen molar-refractivity contribution in [3.8, 4) is 17.2 Å². The third-order valence-corrected chi connectivity index (χ3v) is 2.95. The topological polar surface area (TPSA) is 55.8 Å². The van der Waals surface area contributed by atoms with Crippen LogP contribution in [0.15, 0.2) is 42.5 Å². The van der Waals surface area contributed by atoms with Crippen molar-refractivity contribution in [1.82, 2.24) is 0 Å². The van der Waals surface area contributed by atoms with Crippen LogP contribution in [0.25, 0.3) is 0 Å². The maximum absolute atomic E-state index is 10.9. The van der Waals surface area contributed by atoms with E-state index in [4.69, 9.17) is 14.6 Å². The number of aromatic carboxylic acids is 1. The SMILES string of the molecule is CCc1ccc(Oc2cccc(C(=O)O)c2)c(OC)c1. The van der Waals surface area contributed by atoms with E-state index in [0.717, 1.165) is 12.0 Å². The van der Waals surface area contributed by atoms with Gasteiger partial charge in [0.1, 0.15) is 5.75 Å². The van der Waals surface area contributed by atoms with E-state index in [9.17, 15) is 4.79 Å². The first-order valence-electron chi connectivity index (χ1n) is 6.32. The number of hydrogen-bond acceptors (Lipinski definition) is 3. The maximum atomic E-state index is 10.9. The highest BCUT2D eigenvalue weighted by atomic mass is 16.5. The van der Waals surface area contributed by atoms with Crippen LogP contribution in [0.2, 0.25) is 0 Å². The molecule has 0 amide bonds. The van der Waals surface area contributed by atoms with Crippen LogP contribution < -0.4 is 9.47 Å². The van der Waals surface area contributed by atoms with Crippen LogP contribution in [0.5, 0.6) is 17.2 Å². The number of benzene rings is 2. The molecule has 0 spiro atoms. The van der Waals surface area contributed by atoms with E-state index < -0.39 is 5.97 Å². The summed E-state index contributed by atoms with van der Waals surface area (Å²) in [5.74, 6) is 0.675. The number of carbonyl (C=O) groups is 1. The Hall–Kier alpha value is -2.49. The van der Waals surface area contributed by atoms with Gasteiger partial charge in [0.15, 0.2) is 11.5 Å². The fourth-order valence-electron chi connectivity index (χ4n) is 1.84. The molecule has 4 heteroatoms. The molecule has 0 aliphatic heterocycles. The van der Waals surface area contributed by atoms with Crippen molar-refractivity contribution in [2.75, 3.05) is 7.11 Å². The number of carboxylic acid groups (broad SMARTS) is 1. The van der Waals surface area contributed by atoms with Crippen LogP contribution >= 0.6 is 0 Å². The lowest BCUT2D eigenvalue weighted by atomic mass is 10.1. The molecule has 0 atom stereocenters. The molecular weight excluding hydrogens is 256 g/mol. The average molecular weight is 272 g/mol. The zero-order valence-corrected chi connectivity index (χ0v) is 11.4. The van der Waals surface area contributed by atoms with E-state index in [1.807, 2.05) is 18.2 Å². The van der Waals surface area contributed by atoms with Gasteiger partial charge in [0.25, 0.3) is 0 Å². The van der Waals surface area contributed by atoms with E-state index in [-0.39, 0.29) is 5.56 Å². The molecule has 0 aromatic heterocycles. The van der Waals surface area contributed by atoms with Crippen molar-refractivity contribution in [3.63, 3.8) is 0 Å². The van der Waals surface area contributed by atoms with Crippen molar-refractivity contribution in [3.05, 3.63) is 53.6 Å². The molecule has 0 aliphatic rings. The Morgan fingerprint density at radius 3 is 2.60 bits per heavy atom. The molecule has 0 fully saturated rings. The van der Waals surface area contributed by atoms with Crippen molar-refractivity contribution < 1.29 is 19.4 Å². The molecule has 104 valence electrons. The average Bonchev–Trinajstić information content (AvgIpc) is 2.48. The normalized spacial score (nSPS) is 10.1. The van der Waals surface area contributed by atoms with E-state index >= 15 is 0 Å². The standard InChI is InChI=1S/C16H16O4/c1-3-11-7-8-14(15(9-11)19-2)20-13-6-4-5-12(10-13)16(17)18/h4-10H,3H2,1-2H3,(H,17,18). The molecule has 0 radical (unpaired) electrons. The molecule has 0 saturated carbocycles. The van der Waals surface area contributed by atoms with Crippen LogP contribution in [0.3, 0.4) is 0 Å². The number of ether oxygens (including phenoxy) is 2. The fourth-order valence-corrected chi connectivity index (χ4v) is 1.84. The van der Waals surface area contributed by atoms with Crippen molar-refractivity contribution in [2.45, 2.75) is 13.3 Å². The second kappa shape index (κ2) is 6.10. The summed E-state index contributed by atoms with van der Waals surface area (Å²) in [4.78, 5) is 10.9. The van der Waals surface area contributed by atoms with Gasteiger partial charge in [-0.1, -0.05) is 19.1 Å². The number of carboxylic acids is 1. The Morgan fingerprint density at radius 1 is 1.15 bits per heavy atom. The summed E-state index contributed by atoms with van der Waals surface area (Å²) < 4.78 is 11.0. The van der Waals surface area contributed by atoms with Crippen molar-refractivity contribution in [2.24, 2.45) is 0 Å².